The maximum atomic E-state index is 11.3. The third-order valence-corrected chi connectivity index (χ3v) is 1.97. The molecule has 15 heavy (non-hydrogen) atoms. The predicted octanol–water partition coefficient (Wildman–Crippen LogP) is -0.606. The smallest absolute Gasteiger partial charge is 0.220 e. The summed E-state index contributed by atoms with van der Waals surface area (Å²) in [5, 5.41) is 13.3. The van der Waals surface area contributed by atoms with Gasteiger partial charge in [0, 0.05) is 19.2 Å². The maximum absolute atomic E-state index is 11.3. The predicted molar refractivity (Wildman–Crippen MR) is 56.2 cm³/mol. The topological polar surface area (TPSA) is 71.8 Å². The Morgan fingerprint density at radius 2 is 2.33 bits per heavy atom. The summed E-state index contributed by atoms with van der Waals surface area (Å²) in [4.78, 5) is 11.3. The van der Waals surface area contributed by atoms with Crippen molar-refractivity contribution in [3.63, 3.8) is 0 Å². The van der Waals surface area contributed by atoms with E-state index < -0.39 is 0 Å². The molecule has 0 fully saturated rings. The minimum Gasteiger partial charge on any atom is -0.354 e. The van der Waals surface area contributed by atoms with Gasteiger partial charge in [0.1, 0.15) is 0 Å². The van der Waals surface area contributed by atoms with Crippen molar-refractivity contribution in [2.45, 2.75) is 19.4 Å². The summed E-state index contributed by atoms with van der Waals surface area (Å²) in [6.45, 7) is 2.13. The molecule has 2 N–H and O–H groups in total. The van der Waals surface area contributed by atoms with Gasteiger partial charge in [-0.25, -0.2) is 0 Å². The summed E-state index contributed by atoms with van der Waals surface area (Å²) >= 11 is 0. The average Bonchev–Trinajstić information content (AvgIpc) is 2.71. The van der Waals surface area contributed by atoms with Crippen LogP contribution >= 0.6 is 0 Å². The van der Waals surface area contributed by atoms with Gasteiger partial charge in [-0.2, -0.15) is 0 Å². The molecule has 1 aromatic rings. The van der Waals surface area contributed by atoms with Crippen LogP contribution in [-0.2, 0) is 11.3 Å². The molecular weight excluding hydrogens is 194 g/mol. The van der Waals surface area contributed by atoms with E-state index in [1.807, 2.05) is 7.05 Å². The van der Waals surface area contributed by atoms with Crippen LogP contribution in [0, 0.1) is 0 Å². The summed E-state index contributed by atoms with van der Waals surface area (Å²) in [6.07, 6.45) is 4.83. The molecule has 0 aliphatic heterocycles. The Morgan fingerprint density at radius 1 is 1.47 bits per heavy atom. The average molecular weight is 211 g/mol. The zero-order valence-corrected chi connectivity index (χ0v) is 8.94. The van der Waals surface area contributed by atoms with Crippen molar-refractivity contribution in [3.8, 4) is 0 Å². The van der Waals surface area contributed by atoms with E-state index in [-0.39, 0.29) is 5.91 Å². The highest BCUT2D eigenvalue weighted by Gasteiger charge is 1.99. The van der Waals surface area contributed by atoms with Gasteiger partial charge in [-0.3, -0.25) is 9.48 Å². The number of nitrogens with one attached hydrogen (secondary N) is 2. The van der Waals surface area contributed by atoms with Crippen LogP contribution in [0.4, 0.5) is 0 Å². The number of hydrogen-bond donors (Lipinski definition) is 2. The Kier molecular flexibility index (Phi) is 5.39. The SMILES string of the molecule is CNCCCC(=O)NCCn1ccnn1. The summed E-state index contributed by atoms with van der Waals surface area (Å²) in [6, 6.07) is 0. The fraction of sp³-hybridized carbons (Fsp3) is 0.667. The third-order valence-electron chi connectivity index (χ3n) is 1.97. The highest BCUT2D eigenvalue weighted by Crippen LogP contribution is 1.86. The van der Waals surface area contributed by atoms with Gasteiger partial charge in [0.25, 0.3) is 0 Å². The lowest BCUT2D eigenvalue weighted by molar-refractivity contribution is -0.121. The molecule has 0 spiro atoms. The third kappa shape index (κ3) is 5.11. The van der Waals surface area contributed by atoms with E-state index in [1.54, 1.807) is 17.1 Å². The summed E-state index contributed by atoms with van der Waals surface area (Å²) < 4.78 is 1.69. The molecule has 1 amide bonds. The monoisotopic (exact) mass is 211 g/mol. The number of carbonyl (C=O) groups is 1. The number of carbonyl (C=O) groups excluding carboxylic acids is 1. The van der Waals surface area contributed by atoms with Crippen molar-refractivity contribution in [1.82, 2.24) is 25.6 Å². The summed E-state index contributed by atoms with van der Waals surface area (Å²) in [7, 11) is 1.88. The van der Waals surface area contributed by atoms with E-state index >= 15 is 0 Å². The van der Waals surface area contributed by atoms with Crippen LogP contribution in [0.25, 0.3) is 0 Å². The molecule has 0 radical (unpaired) electrons. The first-order valence-electron chi connectivity index (χ1n) is 5.08. The second-order valence-electron chi connectivity index (χ2n) is 3.22. The molecule has 0 aliphatic rings. The Labute approximate surface area is 89.0 Å². The van der Waals surface area contributed by atoms with Gasteiger partial charge in [-0.15, -0.1) is 5.10 Å². The van der Waals surface area contributed by atoms with Crippen LogP contribution in [0.1, 0.15) is 12.8 Å². The first-order valence-corrected chi connectivity index (χ1v) is 5.08. The van der Waals surface area contributed by atoms with Crippen molar-refractivity contribution in [3.05, 3.63) is 12.4 Å². The van der Waals surface area contributed by atoms with Gasteiger partial charge in [0.15, 0.2) is 0 Å². The van der Waals surface area contributed by atoms with Crippen LogP contribution in [-0.4, -0.2) is 41.0 Å². The molecule has 1 aromatic heterocycles. The number of nitrogens with zero attached hydrogens (tertiary/aromatic N) is 3. The van der Waals surface area contributed by atoms with Crippen LogP contribution in [0.2, 0.25) is 0 Å². The van der Waals surface area contributed by atoms with Gasteiger partial charge in [0.05, 0.1) is 12.7 Å². The maximum Gasteiger partial charge on any atom is 0.220 e. The largest absolute Gasteiger partial charge is 0.354 e. The van der Waals surface area contributed by atoms with Crippen molar-refractivity contribution < 1.29 is 4.79 Å². The van der Waals surface area contributed by atoms with Gasteiger partial charge < -0.3 is 10.6 Å². The Balaban J connectivity index is 2.02. The van der Waals surface area contributed by atoms with E-state index in [4.69, 9.17) is 0 Å². The minimum atomic E-state index is 0.0883. The first-order chi connectivity index (χ1) is 7.33. The fourth-order valence-electron chi connectivity index (χ4n) is 1.18. The number of rotatable bonds is 7. The van der Waals surface area contributed by atoms with Crippen LogP contribution in [0.3, 0.4) is 0 Å². The van der Waals surface area contributed by atoms with Crippen LogP contribution in [0.5, 0.6) is 0 Å². The van der Waals surface area contributed by atoms with E-state index in [0.717, 1.165) is 13.0 Å². The fourth-order valence-corrected chi connectivity index (χ4v) is 1.18. The molecule has 1 heterocycles. The number of amides is 1. The lowest BCUT2D eigenvalue weighted by Gasteiger charge is -2.04. The second-order valence-corrected chi connectivity index (χ2v) is 3.22. The Morgan fingerprint density at radius 3 is 3.00 bits per heavy atom. The van der Waals surface area contributed by atoms with Crippen LogP contribution < -0.4 is 10.6 Å². The van der Waals surface area contributed by atoms with E-state index in [1.165, 1.54) is 0 Å². The van der Waals surface area contributed by atoms with E-state index in [9.17, 15) is 4.79 Å². The molecule has 84 valence electrons. The Bertz CT molecular complexity index is 272. The van der Waals surface area contributed by atoms with Gasteiger partial charge in [-0.1, -0.05) is 5.21 Å². The van der Waals surface area contributed by atoms with Crippen molar-refractivity contribution in [1.29, 1.82) is 0 Å². The molecule has 0 saturated carbocycles. The summed E-state index contributed by atoms with van der Waals surface area (Å²) in [5.74, 6) is 0.0883. The number of aromatic nitrogens is 3. The normalized spacial score (nSPS) is 10.2. The highest BCUT2D eigenvalue weighted by molar-refractivity contribution is 5.75. The highest BCUT2D eigenvalue weighted by atomic mass is 16.1. The van der Waals surface area contributed by atoms with Gasteiger partial charge in [0.2, 0.25) is 5.91 Å². The zero-order valence-electron chi connectivity index (χ0n) is 8.94. The van der Waals surface area contributed by atoms with Crippen LogP contribution in [0.15, 0.2) is 12.4 Å². The first kappa shape index (κ1) is 11.6. The lowest BCUT2D eigenvalue weighted by atomic mass is 10.3. The lowest BCUT2D eigenvalue weighted by Crippen LogP contribution is -2.27. The molecule has 0 unspecified atom stereocenters. The standard InChI is InChI=1S/C9H17N5O/c1-10-4-2-3-9(15)11-5-7-14-8-6-12-13-14/h6,8,10H,2-5,7H2,1H3,(H,11,15). The molecule has 0 saturated heterocycles. The molecule has 0 aliphatic carbocycles. The van der Waals surface area contributed by atoms with Crippen molar-refractivity contribution >= 4 is 5.91 Å². The van der Waals surface area contributed by atoms with Gasteiger partial charge in [-0.05, 0) is 20.0 Å². The molecule has 0 atom stereocenters. The number of hydrogen-bond acceptors (Lipinski definition) is 4. The second kappa shape index (κ2) is 6.94. The zero-order chi connectivity index (χ0) is 10.9. The molecular formula is C9H17N5O. The van der Waals surface area contributed by atoms with E-state index in [0.29, 0.717) is 19.5 Å². The molecule has 6 nitrogen and oxygen atoms in total. The van der Waals surface area contributed by atoms with E-state index in [2.05, 4.69) is 20.9 Å². The molecule has 0 bridgehead atoms. The Hall–Kier alpha value is -1.43. The van der Waals surface area contributed by atoms with Crippen molar-refractivity contribution in [2.24, 2.45) is 0 Å². The van der Waals surface area contributed by atoms with Crippen molar-refractivity contribution in [2.75, 3.05) is 20.1 Å². The summed E-state index contributed by atoms with van der Waals surface area (Å²) in [5.41, 5.74) is 0. The molecule has 6 heteroatoms. The van der Waals surface area contributed by atoms with Gasteiger partial charge >= 0.3 is 0 Å². The molecule has 1 rings (SSSR count). The quantitative estimate of drug-likeness (QED) is 0.590. The molecule has 0 aromatic carbocycles. The minimum absolute atomic E-state index is 0.0883.